The fraction of sp³-hybridized carbons (Fsp3) is 0.375. The molecule has 6 heteroatoms. The molecule has 1 unspecified atom stereocenters. The number of β-lactam (4-membered cyclic amide) rings is 1. The van der Waals surface area contributed by atoms with E-state index in [1.807, 2.05) is 24.3 Å². The number of carbonyl (C=O) groups is 2. The van der Waals surface area contributed by atoms with E-state index in [-0.39, 0.29) is 17.9 Å². The number of methoxy groups -OCH3 is 1. The normalized spacial score (nSPS) is 23.6. The van der Waals surface area contributed by atoms with Gasteiger partial charge in [-0.1, -0.05) is 18.7 Å². The zero-order chi connectivity index (χ0) is 15.7. The third-order valence-corrected chi connectivity index (χ3v) is 5.15. The predicted molar refractivity (Wildman–Crippen MR) is 83.4 cm³/mol. The van der Waals surface area contributed by atoms with E-state index in [9.17, 15) is 9.59 Å². The molecule has 0 N–H and O–H groups in total. The Hall–Kier alpha value is -1.95. The summed E-state index contributed by atoms with van der Waals surface area (Å²) in [6.07, 6.45) is 0.500. The Morgan fingerprint density at radius 3 is 2.77 bits per heavy atom. The molecule has 2 saturated heterocycles. The highest BCUT2D eigenvalue weighted by Crippen LogP contribution is 2.39. The molecule has 5 nitrogen and oxygen atoms in total. The fourth-order valence-electron chi connectivity index (χ4n) is 2.57. The standard InChI is InChI=1S/C16H17NO4S/c1-10-9-22-14-7-13(18)17(14)15(10)16(19)21-8-11-3-5-12(20-2)6-4-11/h3-6,14-15H,1,7-9H2,2H3/t14-,15?/m1/s1. The van der Waals surface area contributed by atoms with Crippen molar-refractivity contribution in [2.24, 2.45) is 0 Å². The zero-order valence-corrected chi connectivity index (χ0v) is 13.1. The van der Waals surface area contributed by atoms with E-state index in [1.165, 1.54) is 0 Å². The molecule has 0 radical (unpaired) electrons. The van der Waals surface area contributed by atoms with Crippen LogP contribution in [0.4, 0.5) is 0 Å². The fourth-order valence-corrected chi connectivity index (χ4v) is 3.79. The first-order valence-corrected chi connectivity index (χ1v) is 8.05. The molecular formula is C16H17NO4S. The summed E-state index contributed by atoms with van der Waals surface area (Å²) >= 11 is 1.65. The van der Waals surface area contributed by atoms with Crippen LogP contribution in [-0.2, 0) is 20.9 Å². The van der Waals surface area contributed by atoms with Crippen LogP contribution in [0, 0.1) is 0 Å². The van der Waals surface area contributed by atoms with E-state index in [1.54, 1.807) is 23.8 Å². The van der Waals surface area contributed by atoms with Gasteiger partial charge in [-0.15, -0.1) is 11.8 Å². The summed E-state index contributed by atoms with van der Waals surface area (Å²) in [6, 6.07) is 6.68. The second-order valence-electron chi connectivity index (χ2n) is 5.29. The third kappa shape index (κ3) is 2.70. The maximum Gasteiger partial charge on any atom is 0.333 e. The molecule has 116 valence electrons. The van der Waals surface area contributed by atoms with E-state index in [2.05, 4.69) is 6.58 Å². The number of rotatable bonds is 4. The van der Waals surface area contributed by atoms with Gasteiger partial charge in [0, 0.05) is 5.75 Å². The van der Waals surface area contributed by atoms with Crippen LogP contribution in [0.5, 0.6) is 5.75 Å². The molecule has 2 aliphatic rings. The van der Waals surface area contributed by atoms with Crippen LogP contribution >= 0.6 is 11.8 Å². The topological polar surface area (TPSA) is 55.8 Å². The highest BCUT2D eigenvalue weighted by atomic mass is 32.2. The lowest BCUT2D eigenvalue weighted by atomic mass is 10.0. The highest BCUT2D eigenvalue weighted by Gasteiger charge is 2.48. The van der Waals surface area contributed by atoms with Crippen LogP contribution in [0.25, 0.3) is 0 Å². The average molecular weight is 319 g/mol. The van der Waals surface area contributed by atoms with Crippen molar-refractivity contribution in [3.8, 4) is 5.75 Å². The first kappa shape index (κ1) is 15.0. The number of amides is 1. The van der Waals surface area contributed by atoms with Gasteiger partial charge in [-0.2, -0.15) is 0 Å². The van der Waals surface area contributed by atoms with Crippen LogP contribution in [0.2, 0.25) is 0 Å². The van der Waals surface area contributed by atoms with Crippen LogP contribution < -0.4 is 4.74 Å². The SMILES string of the molecule is C=C1CS[C@@H]2CC(=O)N2C1C(=O)OCc1ccc(OC)cc1. The maximum atomic E-state index is 12.3. The number of carbonyl (C=O) groups excluding carboxylic acids is 2. The summed E-state index contributed by atoms with van der Waals surface area (Å²) in [5, 5.41) is 0.0940. The minimum Gasteiger partial charge on any atom is -0.497 e. The Labute approximate surface area is 133 Å². The van der Waals surface area contributed by atoms with Crippen molar-refractivity contribution in [1.29, 1.82) is 0 Å². The Morgan fingerprint density at radius 2 is 2.14 bits per heavy atom. The summed E-state index contributed by atoms with van der Waals surface area (Å²) < 4.78 is 10.5. The van der Waals surface area contributed by atoms with Gasteiger partial charge in [0.05, 0.1) is 18.9 Å². The molecule has 0 aromatic heterocycles. The first-order chi connectivity index (χ1) is 10.6. The molecule has 22 heavy (non-hydrogen) atoms. The Bertz CT molecular complexity index is 613. The molecule has 2 atom stereocenters. The van der Waals surface area contributed by atoms with Crippen molar-refractivity contribution >= 4 is 23.6 Å². The molecule has 0 saturated carbocycles. The summed E-state index contributed by atoms with van der Waals surface area (Å²) in [7, 11) is 1.60. The summed E-state index contributed by atoms with van der Waals surface area (Å²) in [5.41, 5.74) is 1.60. The molecule has 2 fully saturated rings. The molecule has 0 aliphatic carbocycles. The van der Waals surface area contributed by atoms with E-state index in [4.69, 9.17) is 9.47 Å². The van der Waals surface area contributed by atoms with E-state index >= 15 is 0 Å². The quantitative estimate of drug-likeness (QED) is 0.482. The largest absolute Gasteiger partial charge is 0.497 e. The minimum atomic E-state index is -0.634. The number of thioether (sulfide) groups is 1. The molecule has 2 heterocycles. The van der Waals surface area contributed by atoms with Crippen molar-refractivity contribution < 1.29 is 19.1 Å². The van der Waals surface area contributed by atoms with Gasteiger partial charge < -0.3 is 14.4 Å². The van der Waals surface area contributed by atoms with Gasteiger partial charge in [0.1, 0.15) is 12.4 Å². The lowest BCUT2D eigenvalue weighted by Crippen LogP contribution is -2.61. The smallest absolute Gasteiger partial charge is 0.333 e. The maximum absolute atomic E-state index is 12.3. The Morgan fingerprint density at radius 1 is 1.41 bits per heavy atom. The summed E-state index contributed by atoms with van der Waals surface area (Å²) in [4.78, 5) is 25.6. The van der Waals surface area contributed by atoms with Crippen LogP contribution in [0.15, 0.2) is 36.4 Å². The number of hydrogen-bond donors (Lipinski definition) is 0. The van der Waals surface area contributed by atoms with Gasteiger partial charge in [-0.05, 0) is 23.3 Å². The number of hydrogen-bond acceptors (Lipinski definition) is 5. The number of esters is 1. The van der Waals surface area contributed by atoms with Crippen LogP contribution in [-0.4, -0.2) is 41.1 Å². The number of ether oxygens (including phenoxy) is 2. The van der Waals surface area contributed by atoms with E-state index < -0.39 is 12.0 Å². The molecule has 1 aromatic carbocycles. The van der Waals surface area contributed by atoms with E-state index in [0.717, 1.165) is 16.9 Å². The zero-order valence-electron chi connectivity index (χ0n) is 12.3. The summed E-state index contributed by atoms with van der Waals surface area (Å²) in [6.45, 7) is 4.09. The third-order valence-electron chi connectivity index (χ3n) is 3.84. The molecule has 1 amide bonds. The Kier molecular flexibility index (Phi) is 4.11. The predicted octanol–water partition coefficient (Wildman–Crippen LogP) is 1.97. The van der Waals surface area contributed by atoms with Crippen molar-refractivity contribution in [3.05, 3.63) is 42.0 Å². The van der Waals surface area contributed by atoms with Crippen LogP contribution in [0.1, 0.15) is 12.0 Å². The second kappa shape index (κ2) is 6.04. The summed E-state index contributed by atoms with van der Waals surface area (Å²) in [5.74, 6) is 1.03. The van der Waals surface area contributed by atoms with Crippen LogP contribution in [0.3, 0.4) is 0 Å². The molecule has 2 aliphatic heterocycles. The lowest BCUT2D eigenvalue weighted by Gasteiger charge is -2.48. The highest BCUT2D eigenvalue weighted by molar-refractivity contribution is 8.00. The number of benzene rings is 1. The van der Waals surface area contributed by atoms with Gasteiger partial charge in [-0.3, -0.25) is 4.79 Å². The molecule has 0 spiro atoms. The lowest BCUT2D eigenvalue weighted by molar-refractivity contribution is -0.160. The van der Waals surface area contributed by atoms with Gasteiger partial charge in [0.2, 0.25) is 5.91 Å². The van der Waals surface area contributed by atoms with Crippen molar-refractivity contribution in [2.75, 3.05) is 12.9 Å². The monoisotopic (exact) mass is 319 g/mol. The van der Waals surface area contributed by atoms with Gasteiger partial charge in [-0.25, -0.2) is 4.79 Å². The number of nitrogens with zero attached hydrogens (tertiary/aromatic N) is 1. The first-order valence-electron chi connectivity index (χ1n) is 7.00. The molecular weight excluding hydrogens is 302 g/mol. The number of fused-ring (bicyclic) bond motifs is 1. The van der Waals surface area contributed by atoms with Gasteiger partial charge in [0.25, 0.3) is 0 Å². The van der Waals surface area contributed by atoms with Crippen molar-refractivity contribution in [1.82, 2.24) is 4.90 Å². The molecule has 3 rings (SSSR count). The van der Waals surface area contributed by atoms with Crippen molar-refractivity contribution in [2.45, 2.75) is 24.4 Å². The van der Waals surface area contributed by atoms with Gasteiger partial charge in [0.15, 0.2) is 6.04 Å². The van der Waals surface area contributed by atoms with Gasteiger partial charge >= 0.3 is 5.97 Å². The average Bonchev–Trinajstić information content (AvgIpc) is 2.53. The molecule has 0 bridgehead atoms. The second-order valence-corrected chi connectivity index (χ2v) is 6.45. The minimum absolute atomic E-state index is 0.00949. The molecule has 1 aromatic rings. The van der Waals surface area contributed by atoms with Crippen molar-refractivity contribution in [3.63, 3.8) is 0 Å². The van der Waals surface area contributed by atoms with E-state index in [0.29, 0.717) is 12.2 Å². The Balaban J connectivity index is 1.63.